The second kappa shape index (κ2) is 7.87. The van der Waals surface area contributed by atoms with Crippen LogP contribution in [0.3, 0.4) is 0 Å². The Hall–Kier alpha value is -3.07. The number of amides is 3. The van der Waals surface area contributed by atoms with Gasteiger partial charge >= 0.3 is 0 Å². The molecule has 26 heavy (non-hydrogen) atoms. The van der Waals surface area contributed by atoms with Crippen LogP contribution in [0.2, 0.25) is 0 Å². The monoisotopic (exact) mass is 375 g/mol. The zero-order valence-corrected chi connectivity index (χ0v) is 14.2. The van der Waals surface area contributed by atoms with Crippen LogP contribution in [-0.2, 0) is 9.59 Å². The molecule has 3 N–H and O–H groups in total. The van der Waals surface area contributed by atoms with E-state index in [4.69, 9.17) is 4.74 Å². The van der Waals surface area contributed by atoms with Crippen molar-refractivity contribution in [2.45, 2.75) is 4.90 Å². The maximum Gasteiger partial charge on any atom is 0.276 e. The molecular weight excluding hydrogens is 361 g/mol. The van der Waals surface area contributed by atoms with E-state index in [0.29, 0.717) is 11.4 Å². The van der Waals surface area contributed by atoms with Crippen LogP contribution in [0.15, 0.2) is 47.4 Å². The van der Waals surface area contributed by atoms with Gasteiger partial charge in [-0.2, -0.15) is 0 Å². The normalized spacial score (nSPS) is 12.6. The molecule has 0 radical (unpaired) electrons. The third-order valence-electron chi connectivity index (χ3n) is 3.39. The van der Waals surface area contributed by atoms with Crippen molar-refractivity contribution in [2.75, 3.05) is 17.7 Å². The van der Waals surface area contributed by atoms with Gasteiger partial charge in [0.15, 0.2) is 18.2 Å². The molecule has 2 aromatic rings. The molecule has 1 heterocycles. The predicted molar refractivity (Wildman–Crippen MR) is 93.3 cm³/mol. The topological polar surface area (TPSA) is 96.5 Å². The Morgan fingerprint density at radius 2 is 2.00 bits per heavy atom. The number of para-hydroxylation sites is 1. The van der Waals surface area contributed by atoms with E-state index in [0.717, 1.165) is 4.90 Å². The Balaban J connectivity index is 1.52. The third kappa shape index (κ3) is 4.31. The van der Waals surface area contributed by atoms with Crippen molar-refractivity contribution >= 4 is 35.2 Å². The van der Waals surface area contributed by atoms with E-state index >= 15 is 0 Å². The molecule has 0 unspecified atom stereocenters. The lowest BCUT2D eigenvalue weighted by Crippen LogP contribution is -2.43. The van der Waals surface area contributed by atoms with Crippen molar-refractivity contribution in [3.05, 3.63) is 53.8 Å². The van der Waals surface area contributed by atoms with Gasteiger partial charge in [-0.15, -0.1) is 11.8 Å². The molecule has 0 aliphatic carbocycles. The summed E-state index contributed by atoms with van der Waals surface area (Å²) in [4.78, 5) is 36.1. The van der Waals surface area contributed by atoms with Gasteiger partial charge in [0.05, 0.1) is 11.4 Å². The molecule has 7 nitrogen and oxygen atoms in total. The lowest BCUT2D eigenvalue weighted by Gasteiger charge is -2.17. The summed E-state index contributed by atoms with van der Waals surface area (Å²) in [6.45, 7) is -0.460. The van der Waals surface area contributed by atoms with E-state index in [1.54, 1.807) is 18.2 Å². The van der Waals surface area contributed by atoms with Gasteiger partial charge in [0.25, 0.3) is 11.8 Å². The fourth-order valence-electron chi connectivity index (χ4n) is 2.16. The van der Waals surface area contributed by atoms with E-state index in [1.807, 2.05) is 0 Å². The third-order valence-corrected chi connectivity index (χ3v) is 4.46. The molecule has 0 atom stereocenters. The highest BCUT2D eigenvalue weighted by molar-refractivity contribution is 8.00. The maximum absolute atomic E-state index is 13.4. The summed E-state index contributed by atoms with van der Waals surface area (Å²) in [5.41, 5.74) is 5.23. The van der Waals surface area contributed by atoms with E-state index in [9.17, 15) is 18.8 Å². The molecule has 0 aromatic heterocycles. The number of carbonyl (C=O) groups is 3. The number of nitrogens with one attached hydrogen (secondary N) is 3. The predicted octanol–water partition coefficient (Wildman–Crippen LogP) is 1.71. The molecule has 9 heteroatoms. The fraction of sp³-hybridized carbons (Fsp3) is 0.118. The number of halogens is 1. The minimum Gasteiger partial charge on any atom is -0.481 e. The van der Waals surface area contributed by atoms with E-state index in [2.05, 4.69) is 16.2 Å². The van der Waals surface area contributed by atoms with Crippen molar-refractivity contribution in [3.63, 3.8) is 0 Å². The first-order valence-electron chi connectivity index (χ1n) is 7.56. The molecule has 3 amide bonds. The van der Waals surface area contributed by atoms with Crippen LogP contribution in [-0.4, -0.2) is 30.1 Å². The summed E-state index contributed by atoms with van der Waals surface area (Å²) < 4.78 is 18.4. The highest BCUT2D eigenvalue weighted by atomic mass is 32.2. The molecule has 0 spiro atoms. The van der Waals surface area contributed by atoms with E-state index in [1.165, 1.54) is 36.0 Å². The number of rotatable bonds is 4. The minimum atomic E-state index is -0.650. The van der Waals surface area contributed by atoms with Crippen molar-refractivity contribution in [2.24, 2.45) is 0 Å². The number of anilines is 1. The number of ether oxygens (including phenoxy) is 1. The van der Waals surface area contributed by atoms with Gasteiger partial charge in [0.1, 0.15) is 0 Å². The number of thioether (sulfide) groups is 1. The largest absolute Gasteiger partial charge is 0.481 e. The Labute approximate surface area is 152 Å². The number of hydrogen-bond donors (Lipinski definition) is 3. The Morgan fingerprint density at radius 1 is 1.19 bits per heavy atom. The number of hydrogen-bond acceptors (Lipinski definition) is 5. The van der Waals surface area contributed by atoms with Gasteiger partial charge in [-0.3, -0.25) is 25.2 Å². The standard InChI is InChI=1S/C17H14FN3O4S/c18-11-3-1-2-4-13(11)25-8-15(22)20-21-17(24)10-5-6-14-12(7-10)19-16(23)9-26-14/h1-7H,8-9H2,(H,19,23)(H,20,22)(H,21,24). The summed E-state index contributed by atoms with van der Waals surface area (Å²) >= 11 is 1.38. The quantitative estimate of drug-likeness (QED) is 0.707. The summed E-state index contributed by atoms with van der Waals surface area (Å²) in [5.74, 6) is -1.66. The number of carbonyl (C=O) groups excluding carboxylic acids is 3. The minimum absolute atomic E-state index is 0.0584. The number of fused-ring (bicyclic) bond motifs is 1. The van der Waals surface area contributed by atoms with Crippen LogP contribution in [0.4, 0.5) is 10.1 Å². The Bertz CT molecular complexity index is 875. The van der Waals surface area contributed by atoms with Crippen LogP contribution < -0.4 is 20.9 Å². The summed E-state index contributed by atoms with van der Waals surface area (Å²) in [7, 11) is 0. The highest BCUT2D eigenvalue weighted by Crippen LogP contribution is 2.31. The second-order valence-corrected chi connectivity index (χ2v) is 6.29. The average molecular weight is 375 g/mol. The summed E-state index contributed by atoms with van der Waals surface area (Å²) in [6, 6.07) is 10.5. The second-order valence-electron chi connectivity index (χ2n) is 5.27. The van der Waals surface area contributed by atoms with Crippen molar-refractivity contribution in [3.8, 4) is 5.75 Å². The molecule has 2 aromatic carbocycles. The first-order valence-corrected chi connectivity index (χ1v) is 8.55. The Morgan fingerprint density at radius 3 is 2.81 bits per heavy atom. The number of hydrazine groups is 1. The van der Waals surface area contributed by atoms with Crippen LogP contribution >= 0.6 is 11.8 Å². The lowest BCUT2D eigenvalue weighted by molar-refractivity contribution is -0.123. The van der Waals surface area contributed by atoms with Gasteiger partial charge in [0.2, 0.25) is 5.91 Å². The maximum atomic E-state index is 13.4. The highest BCUT2D eigenvalue weighted by Gasteiger charge is 2.17. The SMILES string of the molecule is O=C(COc1ccccc1F)NNC(=O)c1ccc2c(c1)NC(=O)CS2. The molecule has 3 rings (SSSR count). The zero-order chi connectivity index (χ0) is 18.5. The van der Waals surface area contributed by atoms with E-state index in [-0.39, 0.29) is 17.2 Å². The van der Waals surface area contributed by atoms with Crippen LogP contribution in [0, 0.1) is 5.82 Å². The van der Waals surface area contributed by atoms with Crippen LogP contribution in [0.5, 0.6) is 5.75 Å². The molecular formula is C17H14FN3O4S. The Kier molecular flexibility index (Phi) is 5.37. The van der Waals surface area contributed by atoms with Gasteiger partial charge in [0, 0.05) is 10.5 Å². The van der Waals surface area contributed by atoms with Gasteiger partial charge in [-0.05, 0) is 30.3 Å². The fourth-order valence-corrected chi connectivity index (χ4v) is 2.95. The zero-order valence-electron chi connectivity index (χ0n) is 13.4. The summed E-state index contributed by atoms with van der Waals surface area (Å²) in [5, 5.41) is 2.68. The van der Waals surface area contributed by atoms with E-state index < -0.39 is 24.2 Å². The van der Waals surface area contributed by atoms with Gasteiger partial charge in [-0.25, -0.2) is 4.39 Å². The summed E-state index contributed by atoms with van der Waals surface area (Å²) in [6.07, 6.45) is 0. The smallest absolute Gasteiger partial charge is 0.276 e. The van der Waals surface area contributed by atoms with Gasteiger partial charge in [-0.1, -0.05) is 12.1 Å². The molecule has 0 bridgehead atoms. The lowest BCUT2D eigenvalue weighted by atomic mass is 10.2. The van der Waals surface area contributed by atoms with Gasteiger partial charge < -0.3 is 10.1 Å². The molecule has 0 saturated carbocycles. The van der Waals surface area contributed by atoms with Crippen LogP contribution in [0.1, 0.15) is 10.4 Å². The first-order chi connectivity index (χ1) is 12.5. The number of benzene rings is 2. The molecule has 134 valence electrons. The van der Waals surface area contributed by atoms with Crippen molar-refractivity contribution < 1.29 is 23.5 Å². The van der Waals surface area contributed by atoms with Crippen molar-refractivity contribution in [1.82, 2.24) is 10.9 Å². The molecule has 0 fully saturated rings. The molecule has 1 aliphatic rings. The molecule has 1 aliphatic heterocycles. The van der Waals surface area contributed by atoms with Crippen LogP contribution in [0.25, 0.3) is 0 Å². The molecule has 0 saturated heterocycles. The first kappa shape index (κ1) is 17.7. The van der Waals surface area contributed by atoms with Crippen molar-refractivity contribution in [1.29, 1.82) is 0 Å². The average Bonchev–Trinajstić information content (AvgIpc) is 2.64.